The van der Waals surface area contributed by atoms with E-state index in [2.05, 4.69) is 14.9 Å². The lowest BCUT2D eigenvalue weighted by Gasteiger charge is -1.91. The van der Waals surface area contributed by atoms with Crippen LogP contribution in [-0.2, 0) is 14.3 Å². The van der Waals surface area contributed by atoms with Crippen molar-refractivity contribution in [2.75, 3.05) is 12.8 Å². The third-order valence-electron chi connectivity index (χ3n) is 1.48. The van der Waals surface area contributed by atoms with E-state index in [0.717, 1.165) is 0 Å². The number of carbonyl (C=O) groups excluding carboxylic acids is 2. The number of aromatic nitrogens is 2. The van der Waals surface area contributed by atoms with Gasteiger partial charge in [0.05, 0.1) is 13.1 Å². The quantitative estimate of drug-likeness (QED) is 0.401. The minimum Gasteiger partial charge on any atom is -0.545 e. The third kappa shape index (κ3) is 5.90. The van der Waals surface area contributed by atoms with E-state index in [1.54, 1.807) is 0 Å². The van der Waals surface area contributed by atoms with Gasteiger partial charge in [-0.1, -0.05) is 0 Å². The lowest BCUT2D eigenvalue weighted by molar-refractivity contribution is -0.447. The molecule has 0 fully saturated rings. The normalized spacial score (nSPS) is 9.39. The molecule has 0 spiro atoms. The number of carboxylic acids is 2. The van der Waals surface area contributed by atoms with E-state index in [9.17, 15) is 19.5 Å². The van der Waals surface area contributed by atoms with Crippen LogP contribution in [0.2, 0.25) is 0 Å². The molecule has 0 aliphatic rings. The zero-order chi connectivity index (χ0) is 14.1. The molecule has 0 bridgehead atoms. The number of aromatic amines is 2. The summed E-state index contributed by atoms with van der Waals surface area (Å²) in [6, 6.07) is 0. The summed E-state index contributed by atoms with van der Waals surface area (Å²) in [6.45, 7) is 0. The zero-order valence-electron chi connectivity index (χ0n) is 9.30. The Balaban J connectivity index is 0.000000331. The van der Waals surface area contributed by atoms with Gasteiger partial charge in [-0.3, -0.25) is 0 Å². The van der Waals surface area contributed by atoms with Crippen molar-refractivity contribution in [3.63, 3.8) is 0 Å². The molecule has 0 atom stereocenters. The number of hydrogen-bond donors (Lipinski definition) is 3. The number of esters is 1. The SMILES string of the molecule is COC(=O)c1c[nH+][nH]c1N.O=C([O-])/C=C\C(=O)O. The number of H-pyrrole nitrogens is 2. The van der Waals surface area contributed by atoms with E-state index in [1.165, 1.54) is 13.3 Å². The molecule has 1 aromatic rings. The van der Waals surface area contributed by atoms with Gasteiger partial charge in [-0.15, -0.1) is 5.10 Å². The fraction of sp³-hybridized carbons (Fsp3) is 0.111. The number of nitrogens with two attached hydrogens (primary N) is 1. The molecule has 0 radical (unpaired) electrons. The Bertz CT molecular complexity index is 449. The molecule has 18 heavy (non-hydrogen) atoms. The molecule has 1 heterocycles. The van der Waals surface area contributed by atoms with Crippen molar-refractivity contribution in [3.8, 4) is 0 Å². The highest BCUT2D eigenvalue weighted by molar-refractivity contribution is 5.93. The van der Waals surface area contributed by atoms with Gasteiger partial charge in [0.2, 0.25) is 6.20 Å². The van der Waals surface area contributed by atoms with Crippen LogP contribution in [0.1, 0.15) is 10.4 Å². The fourth-order valence-corrected chi connectivity index (χ4v) is 0.749. The average molecular weight is 257 g/mol. The van der Waals surface area contributed by atoms with E-state index in [0.29, 0.717) is 17.7 Å². The summed E-state index contributed by atoms with van der Waals surface area (Å²) in [4.78, 5) is 29.7. The number of nitrogens with one attached hydrogen (secondary N) is 2. The largest absolute Gasteiger partial charge is 0.545 e. The summed E-state index contributed by atoms with van der Waals surface area (Å²) < 4.78 is 4.42. The summed E-state index contributed by atoms with van der Waals surface area (Å²) in [5.41, 5.74) is 5.65. The molecule has 5 N–H and O–H groups in total. The Kier molecular flexibility index (Phi) is 6.26. The molecule has 9 nitrogen and oxygen atoms in total. The second-order valence-electron chi connectivity index (χ2n) is 2.72. The lowest BCUT2D eigenvalue weighted by atomic mass is 10.3. The Labute approximate surface area is 101 Å². The first kappa shape index (κ1) is 15.2. The first-order valence-electron chi connectivity index (χ1n) is 4.43. The van der Waals surface area contributed by atoms with Crippen LogP contribution in [0.15, 0.2) is 18.3 Å². The minimum absolute atomic E-state index is 0.284. The molecule has 0 saturated carbocycles. The summed E-state index contributed by atoms with van der Waals surface area (Å²) in [6.07, 6.45) is 2.39. The van der Waals surface area contributed by atoms with Crippen molar-refractivity contribution in [2.45, 2.75) is 0 Å². The summed E-state index contributed by atoms with van der Waals surface area (Å²) in [5.74, 6) is -2.97. The third-order valence-corrected chi connectivity index (χ3v) is 1.48. The van der Waals surface area contributed by atoms with Crippen LogP contribution in [0.4, 0.5) is 5.82 Å². The van der Waals surface area contributed by atoms with Crippen molar-refractivity contribution in [1.29, 1.82) is 0 Å². The summed E-state index contributed by atoms with van der Waals surface area (Å²) in [7, 11) is 1.30. The maximum Gasteiger partial charge on any atom is 0.348 e. The highest BCUT2D eigenvalue weighted by Crippen LogP contribution is 2.03. The van der Waals surface area contributed by atoms with Crippen LogP contribution in [0.3, 0.4) is 0 Å². The fourth-order valence-electron chi connectivity index (χ4n) is 0.749. The number of rotatable bonds is 3. The number of anilines is 1. The van der Waals surface area contributed by atoms with Crippen LogP contribution in [0.5, 0.6) is 0 Å². The number of ether oxygens (including phenoxy) is 1. The number of nitrogen functional groups attached to an aromatic ring is 1. The van der Waals surface area contributed by atoms with Crippen molar-refractivity contribution in [2.24, 2.45) is 0 Å². The van der Waals surface area contributed by atoms with Gasteiger partial charge in [0.15, 0.2) is 11.4 Å². The molecule has 98 valence electrons. The van der Waals surface area contributed by atoms with Gasteiger partial charge >= 0.3 is 11.9 Å². The zero-order valence-corrected chi connectivity index (χ0v) is 9.30. The van der Waals surface area contributed by atoms with E-state index >= 15 is 0 Å². The van der Waals surface area contributed by atoms with Crippen molar-refractivity contribution in [1.82, 2.24) is 5.10 Å². The molecule has 1 aromatic heterocycles. The monoisotopic (exact) mass is 257 g/mol. The van der Waals surface area contributed by atoms with E-state index in [1.807, 2.05) is 0 Å². The molecule has 1 rings (SSSR count). The predicted octanol–water partition coefficient (Wildman–Crippen LogP) is -2.43. The van der Waals surface area contributed by atoms with Crippen LogP contribution in [-0.4, -0.2) is 35.2 Å². The lowest BCUT2D eigenvalue weighted by Crippen LogP contribution is -2.19. The Morgan fingerprint density at radius 1 is 1.50 bits per heavy atom. The van der Waals surface area contributed by atoms with Crippen LogP contribution in [0, 0.1) is 0 Å². The van der Waals surface area contributed by atoms with Gasteiger partial charge in [0, 0.05) is 6.08 Å². The maximum atomic E-state index is 10.8. The molecule has 0 aliphatic heterocycles. The molecule has 0 amide bonds. The molecule has 0 unspecified atom stereocenters. The predicted molar refractivity (Wildman–Crippen MR) is 54.9 cm³/mol. The number of aliphatic carboxylic acids is 2. The molecular weight excluding hydrogens is 246 g/mol. The Morgan fingerprint density at radius 2 is 2.11 bits per heavy atom. The van der Waals surface area contributed by atoms with Crippen LogP contribution < -0.4 is 15.9 Å². The number of carbonyl (C=O) groups is 3. The summed E-state index contributed by atoms with van der Waals surface area (Å²) in [5, 5.41) is 22.3. The summed E-state index contributed by atoms with van der Waals surface area (Å²) >= 11 is 0. The van der Waals surface area contributed by atoms with E-state index < -0.39 is 17.9 Å². The van der Waals surface area contributed by atoms with Crippen molar-refractivity contribution >= 4 is 23.7 Å². The smallest absolute Gasteiger partial charge is 0.348 e. The van der Waals surface area contributed by atoms with Crippen molar-refractivity contribution in [3.05, 3.63) is 23.9 Å². The highest BCUT2D eigenvalue weighted by atomic mass is 16.5. The topological polar surface area (TPSA) is 160 Å². The molecular formula is C9H11N3O6. The van der Waals surface area contributed by atoms with Crippen LogP contribution >= 0.6 is 0 Å². The van der Waals surface area contributed by atoms with Gasteiger partial charge < -0.3 is 25.5 Å². The minimum atomic E-state index is -1.51. The average Bonchev–Trinajstić information content (AvgIpc) is 2.72. The first-order chi connectivity index (χ1) is 8.38. The van der Waals surface area contributed by atoms with E-state index in [4.69, 9.17) is 10.8 Å². The Morgan fingerprint density at radius 3 is 2.39 bits per heavy atom. The van der Waals surface area contributed by atoms with Gasteiger partial charge in [-0.2, -0.15) is 5.10 Å². The second kappa shape index (κ2) is 7.44. The van der Waals surface area contributed by atoms with Gasteiger partial charge in [-0.05, 0) is 6.08 Å². The molecule has 0 aromatic carbocycles. The van der Waals surface area contributed by atoms with Gasteiger partial charge in [0.25, 0.3) is 0 Å². The second-order valence-corrected chi connectivity index (χ2v) is 2.72. The molecule has 9 heteroatoms. The van der Waals surface area contributed by atoms with E-state index in [-0.39, 0.29) is 5.82 Å². The van der Waals surface area contributed by atoms with Gasteiger partial charge in [-0.25, -0.2) is 9.59 Å². The molecule has 0 aliphatic carbocycles. The Hall–Kier alpha value is -2.84. The van der Waals surface area contributed by atoms with Gasteiger partial charge in [0.1, 0.15) is 0 Å². The highest BCUT2D eigenvalue weighted by Gasteiger charge is 2.14. The first-order valence-corrected chi connectivity index (χ1v) is 4.43. The number of hydrogen-bond acceptors (Lipinski definition) is 6. The standard InChI is InChI=1S/C5H7N3O2.C4H4O4/c1-10-5(9)3-2-7-8-4(3)6;5-3(6)1-2-4(7)8/h2H,1H3,(H3,6,7,8);1-2H,(H,5,6)(H,7,8)/b;2-1-. The van der Waals surface area contributed by atoms with Crippen LogP contribution in [0.25, 0.3) is 0 Å². The number of methoxy groups -OCH3 is 1. The van der Waals surface area contributed by atoms with Crippen molar-refractivity contribution < 1.29 is 34.4 Å². The number of carboxylic acid groups (broad SMARTS) is 2. The maximum absolute atomic E-state index is 10.8. The molecule has 0 saturated heterocycles.